The summed E-state index contributed by atoms with van der Waals surface area (Å²) in [5.74, 6) is 1.32. The van der Waals surface area contributed by atoms with Crippen LogP contribution in [0.5, 0.6) is 0 Å². The maximum atomic E-state index is 6.06. The first-order valence-electron chi connectivity index (χ1n) is 5.36. The Hall–Kier alpha value is -1.62. The maximum absolute atomic E-state index is 6.06. The van der Waals surface area contributed by atoms with Gasteiger partial charge in [0.2, 0.25) is 0 Å². The predicted octanol–water partition coefficient (Wildman–Crippen LogP) is 2.46. The molecule has 0 aliphatic heterocycles. The number of hydrogen-bond donors (Lipinski definition) is 1. The summed E-state index contributed by atoms with van der Waals surface area (Å²) in [6.07, 6.45) is 4.19. The highest BCUT2D eigenvalue weighted by atomic mass is 35.5. The van der Waals surface area contributed by atoms with Crippen LogP contribution in [0.4, 0.5) is 5.82 Å². The van der Waals surface area contributed by atoms with Crippen molar-refractivity contribution in [3.8, 4) is 0 Å². The molecule has 0 aliphatic carbocycles. The summed E-state index contributed by atoms with van der Waals surface area (Å²) in [6, 6.07) is 0.247. The molecule has 1 unspecified atom stereocenters. The monoisotopic (exact) mass is 251 g/mol. The Kier molecular flexibility index (Phi) is 3.28. The Morgan fingerprint density at radius 2 is 2.41 bits per heavy atom. The van der Waals surface area contributed by atoms with Gasteiger partial charge in [-0.3, -0.25) is 0 Å². The van der Waals surface area contributed by atoms with Crippen LogP contribution in [-0.4, -0.2) is 25.6 Å². The van der Waals surface area contributed by atoms with E-state index in [1.807, 2.05) is 13.0 Å². The van der Waals surface area contributed by atoms with Gasteiger partial charge in [-0.2, -0.15) is 19.6 Å². The topological polar surface area (TPSA) is 55.1 Å². The largest absolute Gasteiger partial charge is 0.367 e. The van der Waals surface area contributed by atoms with E-state index in [1.165, 1.54) is 6.33 Å². The molecule has 0 aliphatic rings. The van der Waals surface area contributed by atoms with E-state index >= 15 is 0 Å². The third-order valence-corrected chi connectivity index (χ3v) is 2.88. The van der Waals surface area contributed by atoms with Crippen molar-refractivity contribution in [2.45, 2.75) is 26.3 Å². The Balaban J connectivity index is 2.46. The first-order valence-corrected chi connectivity index (χ1v) is 5.74. The van der Waals surface area contributed by atoms with E-state index in [9.17, 15) is 0 Å². The SMILES string of the molecule is C=CCC(C)Nc1c(C)c(Cl)nc2ncnn12. The summed E-state index contributed by atoms with van der Waals surface area (Å²) in [5.41, 5.74) is 0.862. The summed E-state index contributed by atoms with van der Waals surface area (Å²) in [5, 5.41) is 7.92. The van der Waals surface area contributed by atoms with Gasteiger partial charge in [0.25, 0.3) is 5.78 Å². The molecule has 2 aromatic heterocycles. The highest BCUT2D eigenvalue weighted by Gasteiger charge is 2.13. The summed E-state index contributed by atoms with van der Waals surface area (Å²) in [6.45, 7) is 7.69. The number of hydrogen-bond acceptors (Lipinski definition) is 4. The average Bonchev–Trinajstić information content (AvgIpc) is 2.72. The van der Waals surface area contributed by atoms with Crippen molar-refractivity contribution in [3.63, 3.8) is 0 Å². The van der Waals surface area contributed by atoms with Gasteiger partial charge in [-0.25, -0.2) is 0 Å². The quantitative estimate of drug-likeness (QED) is 0.670. The molecule has 0 saturated heterocycles. The van der Waals surface area contributed by atoms with E-state index in [1.54, 1.807) is 4.52 Å². The van der Waals surface area contributed by atoms with Crippen LogP contribution in [0.3, 0.4) is 0 Å². The van der Waals surface area contributed by atoms with Crippen LogP contribution in [0.2, 0.25) is 5.15 Å². The average molecular weight is 252 g/mol. The molecule has 5 nitrogen and oxygen atoms in total. The van der Waals surface area contributed by atoms with Gasteiger partial charge in [-0.05, 0) is 20.3 Å². The molecule has 2 aromatic rings. The number of halogens is 1. The van der Waals surface area contributed by atoms with E-state index in [-0.39, 0.29) is 6.04 Å². The number of rotatable bonds is 4. The molecule has 1 N–H and O–H groups in total. The highest BCUT2D eigenvalue weighted by Crippen LogP contribution is 2.22. The lowest BCUT2D eigenvalue weighted by atomic mass is 10.2. The van der Waals surface area contributed by atoms with Gasteiger partial charge in [0.1, 0.15) is 17.3 Å². The molecule has 0 radical (unpaired) electrons. The van der Waals surface area contributed by atoms with E-state index in [2.05, 4.69) is 33.9 Å². The molecule has 0 spiro atoms. The van der Waals surface area contributed by atoms with Crippen molar-refractivity contribution in [1.82, 2.24) is 19.6 Å². The molecule has 0 aromatic carbocycles. The predicted molar refractivity (Wildman–Crippen MR) is 68.4 cm³/mol. The lowest BCUT2D eigenvalue weighted by molar-refractivity contribution is 0.787. The molecule has 17 heavy (non-hydrogen) atoms. The molecular weight excluding hydrogens is 238 g/mol. The van der Waals surface area contributed by atoms with Gasteiger partial charge in [0.05, 0.1) is 0 Å². The first kappa shape index (κ1) is 11.9. The smallest absolute Gasteiger partial charge is 0.255 e. The van der Waals surface area contributed by atoms with Crippen LogP contribution in [-0.2, 0) is 0 Å². The van der Waals surface area contributed by atoms with Crippen molar-refractivity contribution in [2.75, 3.05) is 5.32 Å². The van der Waals surface area contributed by atoms with Crippen LogP contribution in [0.1, 0.15) is 18.9 Å². The van der Waals surface area contributed by atoms with Crippen molar-refractivity contribution in [2.24, 2.45) is 0 Å². The van der Waals surface area contributed by atoms with Gasteiger partial charge in [0.15, 0.2) is 0 Å². The Morgan fingerprint density at radius 1 is 1.65 bits per heavy atom. The van der Waals surface area contributed by atoms with Crippen LogP contribution < -0.4 is 5.32 Å². The summed E-state index contributed by atoms with van der Waals surface area (Å²) in [7, 11) is 0. The summed E-state index contributed by atoms with van der Waals surface area (Å²) in [4.78, 5) is 8.17. The van der Waals surface area contributed by atoms with Gasteiger partial charge >= 0.3 is 0 Å². The number of anilines is 1. The summed E-state index contributed by atoms with van der Waals surface area (Å²) < 4.78 is 1.65. The van der Waals surface area contributed by atoms with Crippen LogP contribution in [0.25, 0.3) is 5.78 Å². The number of nitrogens with one attached hydrogen (secondary N) is 1. The van der Waals surface area contributed by atoms with E-state index in [4.69, 9.17) is 11.6 Å². The minimum Gasteiger partial charge on any atom is -0.367 e. The molecule has 0 amide bonds. The second kappa shape index (κ2) is 4.71. The van der Waals surface area contributed by atoms with Crippen LogP contribution in [0.15, 0.2) is 19.0 Å². The van der Waals surface area contributed by atoms with E-state index < -0.39 is 0 Å². The molecule has 0 bridgehead atoms. The molecule has 6 heteroatoms. The Bertz CT molecular complexity index is 548. The van der Waals surface area contributed by atoms with Crippen LogP contribution >= 0.6 is 11.6 Å². The van der Waals surface area contributed by atoms with Gasteiger partial charge in [-0.1, -0.05) is 17.7 Å². The fraction of sp³-hybridized carbons (Fsp3) is 0.364. The third-order valence-electron chi connectivity index (χ3n) is 2.51. The Morgan fingerprint density at radius 3 is 3.12 bits per heavy atom. The van der Waals surface area contributed by atoms with Crippen molar-refractivity contribution < 1.29 is 0 Å². The Labute approximate surface area is 105 Å². The maximum Gasteiger partial charge on any atom is 0.255 e. The zero-order chi connectivity index (χ0) is 12.4. The van der Waals surface area contributed by atoms with E-state index in [0.29, 0.717) is 10.9 Å². The molecule has 0 saturated carbocycles. The van der Waals surface area contributed by atoms with Crippen LogP contribution in [0, 0.1) is 6.92 Å². The molecular formula is C11H14ClN5. The molecule has 1 atom stereocenters. The lowest BCUT2D eigenvalue weighted by Gasteiger charge is -2.16. The molecule has 0 fully saturated rings. The highest BCUT2D eigenvalue weighted by molar-refractivity contribution is 6.30. The second-order valence-electron chi connectivity index (χ2n) is 3.92. The molecule has 90 valence electrons. The standard InChI is InChI=1S/C11H14ClN5/c1-4-5-7(2)15-10-8(3)9(12)16-11-13-6-14-17(10)11/h4,6-7,15H,1,5H2,2-3H3. The zero-order valence-corrected chi connectivity index (χ0v) is 10.6. The van der Waals surface area contributed by atoms with Gasteiger partial charge in [0, 0.05) is 11.6 Å². The number of fused-ring (bicyclic) bond motifs is 1. The minimum atomic E-state index is 0.247. The lowest BCUT2D eigenvalue weighted by Crippen LogP contribution is -2.18. The first-order chi connectivity index (χ1) is 8.13. The summed E-state index contributed by atoms with van der Waals surface area (Å²) >= 11 is 6.06. The fourth-order valence-corrected chi connectivity index (χ4v) is 1.77. The third kappa shape index (κ3) is 2.24. The van der Waals surface area contributed by atoms with Crippen molar-refractivity contribution in [3.05, 3.63) is 29.7 Å². The van der Waals surface area contributed by atoms with Crippen molar-refractivity contribution >= 4 is 23.2 Å². The normalized spacial score (nSPS) is 12.6. The number of aromatic nitrogens is 4. The molecule has 2 heterocycles. The van der Waals surface area contributed by atoms with Crippen molar-refractivity contribution in [1.29, 1.82) is 0 Å². The fourth-order valence-electron chi connectivity index (χ4n) is 1.61. The number of nitrogens with zero attached hydrogens (tertiary/aromatic N) is 4. The van der Waals surface area contributed by atoms with E-state index in [0.717, 1.165) is 17.8 Å². The molecule has 2 rings (SSSR count). The van der Waals surface area contributed by atoms with Gasteiger partial charge < -0.3 is 5.32 Å². The second-order valence-corrected chi connectivity index (χ2v) is 4.28. The van der Waals surface area contributed by atoms with Gasteiger partial charge in [-0.15, -0.1) is 6.58 Å². The minimum absolute atomic E-state index is 0.247. The zero-order valence-electron chi connectivity index (χ0n) is 9.81.